The summed E-state index contributed by atoms with van der Waals surface area (Å²) in [5.41, 5.74) is 3.67. The van der Waals surface area contributed by atoms with E-state index in [9.17, 15) is 0 Å². The van der Waals surface area contributed by atoms with Crippen LogP contribution in [-0.2, 0) is 13.0 Å². The number of aryl methyl sites for hydroxylation is 1. The quantitative estimate of drug-likeness (QED) is 0.573. The Morgan fingerprint density at radius 2 is 1.72 bits per heavy atom. The molecule has 2 heterocycles. The largest absolute Gasteiger partial charge is 0.497 e. The van der Waals surface area contributed by atoms with E-state index in [0.29, 0.717) is 0 Å². The molecule has 1 aromatic heterocycles. The van der Waals surface area contributed by atoms with E-state index < -0.39 is 0 Å². The topological polar surface area (TPSA) is 18.0 Å². The van der Waals surface area contributed by atoms with Crippen LogP contribution < -0.4 is 9.30 Å². The van der Waals surface area contributed by atoms with Gasteiger partial charge in [-0.15, -0.1) is 0 Å². The van der Waals surface area contributed by atoms with Crippen molar-refractivity contribution in [2.45, 2.75) is 32.2 Å². The van der Waals surface area contributed by atoms with Gasteiger partial charge in [0.05, 0.1) is 13.7 Å². The molecule has 0 unspecified atom stereocenters. The van der Waals surface area contributed by atoms with Crippen molar-refractivity contribution in [1.82, 2.24) is 4.57 Å². The zero-order valence-corrected chi connectivity index (χ0v) is 16.0. The summed E-state index contributed by atoms with van der Waals surface area (Å²) in [5.74, 6) is 2.28. The molecule has 0 fully saturated rings. The second kappa shape index (κ2) is 7.04. The Kier molecular flexibility index (Phi) is 4.62. The van der Waals surface area contributed by atoms with Crippen molar-refractivity contribution in [3.8, 4) is 22.7 Å². The number of rotatable bonds is 3. The van der Waals surface area contributed by atoms with Gasteiger partial charge < -0.3 is 4.74 Å². The minimum atomic E-state index is 0.889. The lowest BCUT2D eigenvalue weighted by molar-refractivity contribution is -0.702. The molecule has 0 amide bonds. The molecule has 4 rings (SSSR count). The van der Waals surface area contributed by atoms with E-state index in [2.05, 4.69) is 67.7 Å². The van der Waals surface area contributed by atoms with Gasteiger partial charge in [-0.1, -0.05) is 15.9 Å². The van der Waals surface area contributed by atoms with Crippen LogP contribution in [0.2, 0.25) is 0 Å². The Labute approximate surface area is 157 Å². The summed E-state index contributed by atoms with van der Waals surface area (Å²) in [4.78, 5) is 0. The maximum atomic E-state index is 5.33. The lowest BCUT2D eigenvalue weighted by atomic mass is 10.1. The van der Waals surface area contributed by atoms with Crippen LogP contribution in [0.25, 0.3) is 16.9 Å². The summed E-state index contributed by atoms with van der Waals surface area (Å²) in [6.45, 7) is 1.10. The highest BCUT2D eigenvalue weighted by molar-refractivity contribution is 9.10. The SMILES string of the molecule is COc1ccc(-n2c(-c3ccc(Br)cc3)c[n+]3c2CCCCC3)cc1. The van der Waals surface area contributed by atoms with E-state index in [4.69, 9.17) is 4.74 Å². The number of fused-ring (bicyclic) bond motifs is 1. The van der Waals surface area contributed by atoms with Crippen molar-refractivity contribution in [1.29, 1.82) is 0 Å². The summed E-state index contributed by atoms with van der Waals surface area (Å²) in [7, 11) is 1.71. The summed E-state index contributed by atoms with van der Waals surface area (Å²) < 4.78 is 11.3. The number of imidazole rings is 1. The molecule has 25 heavy (non-hydrogen) atoms. The van der Waals surface area contributed by atoms with Gasteiger partial charge in [0.25, 0.3) is 5.82 Å². The summed E-state index contributed by atoms with van der Waals surface area (Å²) in [6.07, 6.45) is 7.23. The zero-order chi connectivity index (χ0) is 17.2. The Morgan fingerprint density at radius 3 is 2.44 bits per heavy atom. The van der Waals surface area contributed by atoms with E-state index in [1.165, 1.54) is 42.0 Å². The van der Waals surface area contributed by atoms with Crippen molar-refractivity contribution >= 4 is 15.9 Å². The molecule has 3 nitrogen and oxygen atoms in total. The minimum Gasteiger partial charge on any atom is -0.497 e. The number of benzene rings is 2. The highest BCUT2D eigenvalue weighted by atomic mass is 79.9. The number of nitrogens with zero attached hydrogens (tertiary/aromatic N) is 2. The van der Waals surface area contributed by atoms with Gasteiger partial charge in [-0.2, -0.15) is 4.57 Å². The number of ether oxygens (including phenoxy) is 1. The fourth-order valence-corrected chi connectivity index (χ4v) is 3.85. The molecule has 0 spiro atoms. The predicted octanol–water partition coefficient (Wildman–Crippen LogP) is 4.93. The van der Waals surface area contributed by atoms with Gasteiger partial charge in [0.2, 0.25) is 0 Å². The predicted molar refractivity (Wildman–Crippen MR) is 103 cm³/mol. The first-order valence-corrected chi connectivity index (χ1v) is 9.60. The van der Waals surface area contributed by atoms with E-state index in [-0.39, 0.29) is 0 Å². The molecule has 4 heteroatoms. The van der Waals surface area contributed by atoms with Crippen molar-refractivity contribution in [3.05, 3.63) is 65.0 Å². The van der Waals surface area contributed by atoms with Crippen LogP contribution in [-0.4, -0.2) is 11.7 Å². The second-order valence-electron chi connectivity index (χ2n) is 6.47. The summed E-state index contributed by atoms with van der Waals surface area (Å²) >= 11 is 3.54. The van der Waals surface area contributed by atoms with Crippen molar-refractivity contribution in [2.24, 2.45) is 0 Å². The fourth-order valence-electron chi connectivity index (χ4n) is 3.58. The van der Waals surface area contributed by atoms with Gasteiger partial charge in [0, 0.05) is 16.5 Å². The third-order valence-electron chi connectivity index (χ3n) is 4.88. The van der Waals surface area contributed by atoms with E-state index >= 15 is 0 Å². The highest BCUT2D eigenvalue weighted by Gasteiger charge is 2.27. The third-order valence-corrected chi connectivity index (χ3v) is 5.41. The first-order valence-electron chi connectivity index (χ1n) is 8.81. The van der Waals surface area contributed by atoms with Crippen LogP contribution in [0.1, 0.15) is 25.1 Å². The molecule has 0 N–H and O–H groups in total. The number of aromatic nitrogens is 2. The Bertz CT molecular complexity index is 866. The Hall–Kier alpha value is -2.07. The van der Waals surface area contributed by atoms with Crippen molar-refractivity contribution in [3.63, 3.8) is 0 Å². The molecule has 0 atom stereocenters. The van der Waals surface area contributed by atoms with Crippen LogP contribution >= 0.6 is 15.9 Å². The molecule has 3 aromatic rings. The molecular formula is C21H22BrN2O+. The summed E-state index contributed by atoms with van der Waals surface area (Å²) in [5, 5.41) is 0. The van der Waals surface area contributed by atoms with Gasteiger partial charge in [-0.05, 0) is 67.8 Å². The molecule has 0 radical (unpaired) electrons. The highest BCUT2D eigenvalue weighted by Crippen LogP contribution is 2.28. The Balaban J connectivity index is 1.89. The van der Waals surface area contributed by atoms with Gasteiger partial charge in [-0.25, -0.2) is 4.57 Å². The number of hydrogen-bond donors (Lipinski definition) is 0. The maximum Gasteiger partial charge on any atom is 0.262 e. The smallest absolute Gasteiger partial charge is 0.262 e. The Morgan fingerprint density at radius 1 is 0.960 bits per heavy atom. The monoisotopic (exact) mass is 397 g/mol. The third kappa shape index (κ3) is 3.23. The van der Waals surface area contributed by atoms with Crippen molar-refractivity contribution in [2.75, 3.05) is 7.11 Å². The molecule has 1 aliphatic heterocycles. The molecule has 0 saturated carbocycles. The van der Waals surface area contributed by atoms with Gasteiger partial charge in [0.15, 0.2) is 5.69 Å². The van der Waals surface area contributed by atoms with Gasteiger partial charge >= 0.3 is 0 Å². The standard InChI is InChI=1S/C21H22BrN2O/c1-25-19-12-10-18(11-13-19)24-20(16-6-8-17(22)9-7-16)15-23-14-4-2-3-5-21(23)24/h6-13,15H,2-5,14H2,1H3/q+1. The second-order valence-corrected chi connectivity index (χ2v) is 7.39. The van der Waals surface area contributed by atoms with Gasteiger partial charge in [0.1, 0.15) is 17.6 Å². The molecule has 1 aliphatic rings. The normalized spacial score (nSPS) is 14.0. The maximum absolute atomic E-state index is 5.33. The van der Waals surface area contributed by atoms with E-state index in [0.717, 1.165) is 23.2 Å². The molecule has 2 aromatic carbocycles. The average molecular weight is 398 g/mol. The van der Waals surface area contributed by atoms with Crippen LogP contribution in [0.4, 0.5) is 0 Å². The lowest BCUT2D eigenvalue weighted by Crippen LogP contribution is -2.35. The molecule has 0 saturated heterocycles. The van der Waals surface area contributed by atoms with Crippen LogP contribution in [0.5, 0.6) is 5.75 Å². The van der Waals surface area contributed by atoms with Crippen LogP contribution in [0.15, 0.2) is 59.2 Å². The van der Waals surface area contributed by atoms with Crippen LogP contribution in [0.3, 0.4) is 0 Å². The first kappa shape index (κ1) is 16.4. The van der Waals surface area contributed by atoms with E-state index in [1.54, 1.807) is 7.11 Å². The average Bonchev–Trinajstić information content (AvgIpc) is 2.85. The molecule has 0 bridgehead atoms. The molecular weight excluding hydrogens is 376 g/mol. The number of methoxy groups -OCH3 is 1. The number of hydrogen-bond acceptors (Lipinski definition) is 1. The molecule has 0 aliphatic carbocycles. The zero-order valence-electron chi connectivity index (χ0n) is 14.4. The fraction of sp³-hybridized carbons (Fsp3) is 0.286. The summed E-state index contributed by atoms with van der Waals surface area (Å²) in [6, 6.07) is 16.9. The minimum absolute atomic E-state index is 0.889. The lowest BCUT2D eigenvalue weighted by Gasteiger charge is -2.07. The van der Waals surface area contributed by atoms with Gasteiger partial charge in [-0.3, -0.25) is 0 Å². The molecule has 128 valence electrons. The van der Waals surface area contributed by atoms with Crippen molar-refractivity contribution < 1.29 is 9.30 Å². The first-order chi connectivity index (χ1) is 12.3. The van der Waals surface area contributed by atoms with E-state index in [1.807, 2.05) is 12.1 Å². The number of halogens is 1. The van der Waals surface area contributed by atoms with Crippen LogP contribution in [0, 0.1) is 0 Å².